The first-order chi connectivity index (χ1) is 9.70. The summed E-state index contributed by atoms with van der Waals surface area (Å²) in [6, 6.07) is 9.36. The van der Waals surface area contributed by atoms with Gasteiger partial charge in [0.2, 0.25) is 5.91 Å². The first kappa shape index (κ1) is 14.1. The van der Waals surface area contributed by atoms with Crippen LogP contribution in [0.25, 0.3) is 0 Å². The Labute approximate surface area is 116 Å². The molecule has 1 amide bonds. The summed E-state index contributed by atoms with van der Waals surface area (Å²) in [4.78, 5) is 15.7. The fourth-order valence-corrected chi connectivity index (χ4v) is 1.93. The Kier molecular flexibility index (Phi) is 4.79. The molecule has 3 N–H and O–H groups in total. The second-order valence-corrected chi connectivity index (χ2v) is 4.37. The van der Waals surface area contributed by atoms with E-state index in [1.54, 1.807) is 24.5 Å². The third-order valence-corrected chi connectivity index (χ3v) is 2.92. The minimum absolute atomic E-state index is 0.140. The van der Waals surface area contributed by atoms with Gasteiger partial charge in [0.05, 0.1) is 6.04 Å². The van der Waals surface area contributed by atoms with Gasteiger partial charge in [0.1, 0.15) is 5.82 Å². The van der Waals surface area contributed by atoms with Gasteiger partial charge in [-0.1, -0.05) is 12.1 Å². The number of pyridine rings is 1. The molecule has 4 nitrogen and oxygen atoms in total. The Morgan fingerprint density at radius 1 is 1.15 bits per heavy atom. The van der Waals surface area contributed by atoms with Crippen LogP contribution >= 0.6 is 0 Å². The van der Waals surface area contributed by atoms with Crippen molar-refractivity contribution in [3.05, 3.63) is 65.7 Å². The number of nitrogens with zero attached hydrogens (tertiary/aromatic N) is 1. The number of carbonyl (C=O) groups is 1. The van der Waals surface area contributed by atoms with Gasteiger partial charge in [-0.15, -0.1) is 0 Å². The molecule has 0 saturated carbocycles. The maximum Gasteiger partial charge on any atom is 0.222 e. The quantitative estimate of drug-likeness (QED) is 0.872. The van der Waals surface area contributed by atoms with E-state index in [1.165, 1.54) is 12.1 Å². The van der Waals surface area contributed by atoms with Crippen LogP contribution in [0.1, 0.15) is 23.6 Å². The van der Waals surface area contributed by atoms with Crippen molar-refractivity contribution in [2.24, 2.45) is 5.73 Å². The average Bonchev–Trinajstić information content (AvgIpc) is 2.47. The molecule has 0 aliphatic heterocycles. The van der Waals surface area contributed by atoms with Crippen LogP contribution in [0.15, 0.2) is 48.8 Å². The molecule has 2 rings (SSSR count). The van der Waals surface area contributed by atoms with E-state index in [1.807, 2.05) is 12.1 Å². The molecule has 2 aromatic rings. The van der Waals surface area contributed by atoms with Gasteiger partial charge in [-0.2, -0.15) is 0 Å². The predicted octanol–water partition coefficient (Wildman–Crippen LogP) is 1.78. The van der Waals surface area contributed by atoms with Gasteiger partial charge >= 0.3 is 0 Å². The summed E-state index contributed by atoms with van der Waals surface area (Å²) in [6.45, 7) is 0.290. The van der Waals surface area contributed by atoms with Crippen molar-refractivity contribution in [1.82, 2.24) is 10.3 Å². The number of nitrogens with one attached hydrogen (secondary N) is 1. The third-order valence-electron chi connectivity index (χ3n) is 2.92. The number of hydrogen-bond acceptors (Lipinski definition) is 3. The summed E-state index contributed by atoms with van der Waals surface area (Å²) < 4.78 is 13.0. The summed E-state index contributed by atoms with van der Waals surface area (Å²) in [5, 5.41) is 2.90. The van der Waals surface area contributed by atoms with Crippen molar-refractivity contribution < 1.29 is 9.18 Å². The maximum atomic E-state index is 13.0. The van der Waals surface area contributed by atoms with Crippen LogP contribution in [0.3, 0.4) is 0 Å². The minimum Gasteiger partial charge on any atom is -0.345 e. The van der Waals surface area contributed by atoms with Crippen LogP contribution in [-0.4, -0.2) is 17.4 Å². The van der Waals surface area contributed by atoms with E-state index >= 15 is 0 Å². The van der Waals surface area contributed by atoms with Crippen LogP contribution < -0.4 is 11.1 Å². The number of amides is 1. The molecule has 104 valence electrons. The molecule has 1 aromatic carbocycles. The molecule has 5 heteroatoms. The molecule has 1 aromatic heterocycles. The average molecular weight is 273 g/mol. The molecule has 1 unspecified atom stereocenters. The number of halogens is 1. The van der Waals surface area contributed by atoms with E-state index in [2.05, 4.69) is 10.3 Å². The molecule has 1 atom stereocenters. The van der Waals surface area contributed by atoms with E-state index in [4.69, 9.17) is 5.73 Å². The first-order valence-electron chi connectivity index (χ1n) is 6.35. The van der Waals surface area contributed by atoms with Gasteiger partial charge < -0.3 is 11.1 Å². The molecule has 0 bridgehead atoms. The second-order valence-electron chi connectivity index (χ2n) is 4.37. The van der Waals surface area contributed by atoms with E-state index in [0.717, 1.165) is 11.1 Å². The predicted molar refractivity (Wildman–Crippen MR) is 74.3 cm³/mol. The van der Waals surface area contributed by atoms with Crippen LogP contribution in [0, 0.1) is 5.82 Å². The number of benzene rings is 1. The van der Waals surface area contributed by atoms with Crippen molar-refractivity contribution in [3.63, 3.8) is 0 Å². The van der Waals surface area contributed by atoms with E-state index in [-0.39, 0.29) is 30.7 Å². The number of nitrogens with two attached hydrogens (primary N) is 1. The second kappa shape index (κ2) is 6.77. The molecule has 0 aliphatic carbocycles. The summed E-state index contributed by atoms with van der Waals surface area (Å²) in [7, 11) is 0. The molecule has 0 radical (unpaired) electrons. The maximum absolute atomic E-state index is 13.0. The number of rotatable bonds is 5. The van der Waals surface area contributed by atoms with Crippen molar-refractivity contribution in [3.8, 4) is 0 Å². The molecule has 20 heavy (non-hydrogen) atoms. The Balaban J connectivity index is 2.29. The van der Waals surface area contributed by atoms with Gasteiger partial charge in [0.25, 0.3) is 0 Å². The normalized spacial score (nSPS) is 11.9. The standard InChI is InChI=1S/C15H16FN3O/c16-13-3-1-11(2-4-13)15(19-14(20)5-8-17)12-6-9-18-10-7-12/h1-4,6-7,9-10,15H,5,8,17H2,(H,19,20). The van der Waals surface area contributed by atoms with E-state index < -0.39 is 0 Å². The molecule has 0 fully saturated rings. The highest BCUT2D eigenvalue weighted by Crippen LogP contribution is 2.21. The van der Waals surface area contributed by atoms with E-state index in [9.17, 15) is 9.18 Å². The highest BCUT2D eigenvalue weighted by molar-refractivity contribution is 5.77. The topological polar surface area (TPSA) is 68.0 Å². The lowest BCUT2D eigenvalue weighted by Crippen LogP contribution is -2.30. The fourth-order valence-electron chi connectivity index (χ4n) is 1.93. The van der Waals surface area contributed by atoms with E-state index in [0.29, 0.717) is 0 Å². The summed E-state index contributed by atoms with van der Waals surface area (Å²) in [6.07, 6.45) is 3.56. The van der Waals surface area contributed by atoms with Crippen molar-refractivity contribution in [1.29, 1.82) is 0 Å². The smallest absolute Gasteiger partial charge is 0.222 e. The number of hydrogen-bond donors (Lipinski definition) is 2. The Hall–Kier alpha value is -2.27. The van der Waals surface area contributed by atoms with Crippen LogP contribution in [0.2, 0.25) is 0 Å². The SMILES string of the molecule is NCCC(=O)NC(c1ccncc1)c1ccc(F)cc1. The molecule has 0 saturated heterocycles. The molecular formula is C15H16FN3O. The first-order valence-corrected chi connectivity index (χ1v) is 6.35. The third kappa shape index (κ3) is 3.61. The van der Waals surface area contributed by atoms with Crippen LogP contribution in [-0.2, 0) is 4.79 Å². The fraction of sp³-hybridized carbons (Fsp3) is 0.200. The lowest BCUT2D eigenvalue weighted by Gasteiger charge is -2.19. The summed E-state index contributed by atoms with van der Waals surface area (Å²) in [5.74, 6) is -0.450. The molecular weight excluding hydrogens is 257 g/mol. The van der Waals surface area contributed by atoms with Gasteiger partial charge in [-0.05, 0) is 35.4 Å². The Morgan fingerprint density at radius 3 is 2.35 bits per heavy atom. The van der Waals surface area contributed by atoms with Crippen LogP contribution in [0.5, 0.6) is 0 Å². The minimum atomic E-state index is -0.336. The molecule has 1 heterocycles. The molecule has 0 aliphatic rings. The highest BCUT2D eigenvalue weighted by Gasteiger charge is 2.16. The zero-order chi connectivity index (χ0) is 14.4. The van der Waals surface area contributed by atoms with Crippen molar-refractivity contribution >= 4 is 5.91 Å². The zero-order valence-electron chi connectivity index (χ0n) is 10.9. The van der Waals surface area contributed by atoms with Gasteiger partial charge in [0.15, 0.2) is 0 Å². The Morgan fingerprint density at radius 2 is 1.75 bits per heavy atom. The monoisotopic (exact) mass is 273 g/mol. The number of carbonyl (C=O) groups excluding carboxylic acids is 1. The van der Waals surface area contributed by atoms with Crippen molar-refractivity contribution in [2.45, 2.75) is 12.5 Å². The molecule has 0 spiro atoms. The lowest BCUT2D eigenvalue weighted by molar-refractivity contribution is -0.121. The highest BCUT2D eigenvalue weighted by atomic mass is 19.1. The van der Waals surface area contributed by atoms with Gasteiger partial charge in [-0.25, -0.2) is 4.39 Å². The Bertz CT molecular complexity index is 557. The summed E-state index contributed by atoms with van der Waals surface area (Å²) >= 11 is 0. The van der Waals surface area contributed by atoms with Crippen molar-refractivity contribution in [2.75, 3.05) is 6.54 Å². The zero-order valence-corrected chi connectivity index (χ0v) is 10.9. The van der Waals surface area contributed by atoms with Crippen LogP contribution in [0.4, 0.5) is 4.39 Å². The number of aromatic nitrogens is 1. The largest absolute Gasteiger partial charge is 0.345 e. The van der Waals surface area contributed by atoms with Gasteiger partial charge in [0, 0.05) is 25.4 Å². The lowest BCUT2D eigenvalue weighted by atomic mass is 9.99. The summed E-state index contributed by atoms with van der Waals surface area (Å²) in [5.41, 5.74) is 7.08. The van der Waals surface area contributed by atoms with Gasteiger partial charge in [-0.3, -0.25) is 9.78 Å².